The highest BCUT2D eigenvalue weighted by Crippen LogP contribution is 2.23. The van der Waals surface area contributed by atoms with Gasteiger partial charge in [0.15, 0.2) is 0 Å². The van der Waals surface area contributed by atoms with Gasteiger partial charge in [-0.2, -0.15) is 5.10 Å². The van der Waals surface area contributed by atoms with Crippen LogP contribution in [-0.2, 0) is 4.79 Å². The normalized spacial score (nSPS) is 10.8. The second-order valence-electron chi connectivity index (χ2n) is 5.36. The fraction of sp³-hybridized carbons (Fsp3) is 0.0526. The molecule has 3 aromatic rings. The first kappa shape index (κ1) is 18.4. The van der Waals surface area contributed by atoms with Crippen LogP contribution in [0.2, 0.25) is 0 Å². The highest BCUT2D eigenvalue weighted by molar-refractivity contribution is 9.10. The lowest BCUT2D eigenvalue weighted by atomic mass is 10.2. The second kappa shape index (κ2) is 8.82. The molecule has 0 aliphatic carbocycles. The largest absolute Gasteiger partial charge is 0.455 e. The van der Waals surface area contributed by atoms with Crippen LogP contribution < -0.4 is 10.7 Å². The van der Waals surface area contributed by atoms with Crippen LogP contribution in [0.25, 0.3) is 11.3 Å². The lowest BCUT2D eigenvalue weighted by Gasteiger charge is -2.04. The van der Waals surface area contributed by atoms with E-state index in [1.54, 1.807) is 6.07 Å². The van der Waals surface area contributed by atoms with Crippen LogP contribution in [0, 0.1) is 0 Å². The zero-order chi connectivity index (χ0) is 18.4. The lowest BCUT2D eigenvalue weighted by Crippen LogP contribution is -2.25. The van der Waals surface area contributed by atoms with Crippen LogP contribution in [0.4, 0.5) is 5.69 Å². The number of rotatable bonds is 6. The first-order valence-electron chi connectivity index (χ1n) is 7.77. The van der Waals surface area contributed by atoms with E-state index >= 15 is 0 Å². The molecule has 0 unspecified atom stereocenters. The Morgan fingerprint density at radius 3 is 2.31 bits per heavy atom. The number of furan rings is 1. The van der Waals surface area contributed by atoms with Crippen LogP contribution in [-0.4, -0.2) is 18.7 Å². The maximum Gasteiger partial charge on any atom is 0.259 e. The predicted octanol–water partition coefficient (Wildman–Crippen LogP) is 5.03. The lowest BCUT2D eigenvalue weighted by molar-refractivity contribution is -0.119. The van der Waals surface area contributed by atoms with Crippen LogP contribution in [0.3, 0.4) is 0 Å². The summed E-state index contributed by atoms with van der Waals surface area (Å²) < 4.78 is 7.69. The molecule has 2 N–H and O–H groups in total. The molecule has 0 atom stereocenters. The Kier molecular flexibility index (Phi) is 6.25. The van der Waals surface area contributed by atoms with Crippen LogP contribution in [0.15, 0.2) is 79.1 Å². The number of hydrogen-bond acceptors (Lipinski definition) is 4. The van der Waals surface area contributed by atoms with Crippen LogP contribution in [0.5, 0.6) is 0 Å². The summed E-state index contributed by atoms with van der Waals surface area (Å²) in [5.74, 6) is 1.05. The summed E-state index contributed by atoms with van der Waals surface area (Å²) in [4.78, 5) is 11.8. The first-order chi connectivity index (χ1) is 12.6. The van der Waals surface area contributed by atoms with E-state index in [9.17, 15) is 4.79 Å². The number of carbonyl (C=O) groups is 1. The highest BCUT2D eigenvalue weighted by Gasteiger charge is 2.04. The number of amides is 1. The minimum Gasteiger partial charge on any atom is -0.455 e. The van der Waals surface area contributed by atoms with Gasteiger partial charge < -0.3 is 9.73 Å². The Labute approximate surface area is 167 Å². The number of carbonyl (C=O) groups excluding carboxylic acids is 1. The number of hydrogen-bond donors (Lipinski definition) is 2. The van der Waals surface area contributed by atoms with E-state index < -0.39 is 0 Å². The summed E-state index contributed by atoms with van der Waals surface area (Å²) in [7, 11) is 0. The van der Waals surface area contributed by atoms with E-state index in [0.717, 1.165) is 26.0 Å². The molecule has 0 aliphatic heterocycles. The molecule has 2 aromatic carbocycles. The highest BCUT2D eigenvalue weighted by atomic mass is 79.9. The van der Waals surface area contributed by atoms with Crippen molar-refractivity contribution in [3.8, 4) is 11.3 Å². The van der Waals surface area contributed by atoms with E-state index in [1.165, 1.54) is 6.21 Å². The zero-order valence-corrected chi connectivity index (χ0v) is 16.7. The molecule has 26 heavy (non-hydrogen) atoms. The molecule has 132 valence electrons. The average Bonchev–Trinajstić information content (AvgIpc) is 3.11. The maximum atomic E-state index is 11.8. The predicted molar refractivity (Wildman–Crippen MR) is 110 cm³/mol. The molecule has 1 aromatic heterocycles. The number of hydrazone groups is 1. The smallest absolute Gasteiger partial charge is 0.259 e. The Bertz CT molecular complexity index is 903. The molecule has 7 heteroatoms. The van der Waals surface area contributed by atoms with E-state index in [-0.39, 0.29) is 12.5 Å². The van der Waals surface area contributed by atoms with Gasteiger partial charge in [-0.25, -0.2) is 5.43 Å². The minimum atomic E-state index is -0.246. The fourth-order valence-corrected chi connectivity index (χ4v) is 2.68. The van der Waals surface area contributed by atoms with E-state index in [0.29, 0.717) is 5.76 Å². The third-order valence-corrected chi connectivity index (χ3v) is 4.49. The summed E-state index contributed by atoms with van der Waals surface area (Å²) >= 11 is 6.77. The van der Waals surface area contributed by atoms with Crippen molar-refractivity contribution in [1.29, 1.82) is 0 Å². The maximum absolute atomic E-state index is 11.8. The summed E-state index contributed by atoms with van der Waals surface area (Å²) in [5, 5.41) is 6.93. The zero-order valence-electron chi connectivity index (χ0n) is 13.6. The van der Waals surface area contributed by atoms with Gasteiger partial charge in [0.25, 0.3) is 5.91 Å². The number of halogens is 2. The van der Waals surface area contributed by atoms with Crippen molar-refractivity contribution in [2.24, 2.45) is 5.10 Å². The Balaban J connectivity index is 1.49. The van der Waals surface area contributed by atoms with Crippen molar-refractivity contribution < 1.29 is 9.21 Å². The number of anilines is 1. The molecule has 0 fully saturated rings. The van der Waals surface area contributed by atoms with Crippen molar-refractivity contribution in [3.05, 3.63) is 75.4 Å². The fourth-order valence-electron chi connectivity index (χ4n) is 2.15. The van der Waals surface area contributed by atoms with Gasteiger partial charge in [-0.1, -0.05) is 44.0 Å². The molecule has 0 spiro atoms. The Hall–Kier alpha value is -2.38. The van der Waals surface area contributed by atoms with Crippen molar-refractivity contribution >= 4 is 49.7 Å². The van der Waals surface area contributed by atoms with E-state index in [4.69, 9.17) is 4.42 Å². The standard InChI is InChI=1S/C19H15Br2N3O2/c20-14-3-1-13(2-4-14)18-10-9-17(26-18)11-23-24-19(25)12-22-16-7-5-15(21)6-8-16/h1-11,22H,12H2,(H,24,25)/b23-11-. The van der Waals surface area contributed by atoms with Crippen LogP contribution in [0.1, 0.15) is 5.76 Å². The Morgan fingerprint density at radius 2 is 1.62 bits per heavy atom. The number of benzene rings is 2. The van der Waals surface area contributed by atoms with Gasteiger partial charge in [0.05, 0.1) is 12.8 Å². The molecule has 0 saturated heterocycles. The van der Waals surface area contributed by atoms with Crippen molar-refractivity contribution in [3.63, 3.8) is 0 Å². The first-order valence-corrected chi connectivity index (χ1v) is 9.36. The van der Waals surface area contributed by atoms with Crippen molar-refractivity contribution in [1.82, 2.24) is 5.43 Å². The van der Waals surface area contributed by atoms with Crippen LogP contribution >= 0.6 is 31.9 Å². The van der Waals surface area contributed by atoms with Gasteiger partial charge in [0.1, 0.15) is 11.5 Å². The number of nitrogens with zero attached hydrogens (tertiary/aromatic N) is 1. The SMILES string of the molecule is O=C(CNc1ccc(Br)cc1)N/N=C\c1ccc(-c2ccc(Br)cc2)o1. The molecule has 1 heterocycles. The van der Waals surface area contributed by atoms with Gasteiger partial charge in [0.2, 0.25) is 0 Å². The summed E-state index contributed by atoms with van der Waals surface area (Å²) in [6.45, 7) is 0.126. The molecule has 3 rings (SSSR count). The average molecular weight is 477 g/mol. The van der Waals surface area contributed by atoms with E-state index in [2.05, 4.69) is 47.7 Å². The third-order valence-electron chi connectivity index (χ3n) is 3.43. The van der Waals surface area contributed by atoms with Gasteiger partial charge in [-0.15, -0.1) is 0 Å². The molecule has 0 aliphatic rings. The van der Waals surface area contributed by atoms with Crippen molar-refractivity contribution in [2.75, 3.05) is 11.9 Å². The van der Waals surface area contributed by atoms with Gasteiger partial charge in [0, 0.05) is 20.2 Å². The van der Waals surface area contributed by atoms with Gasteiger partial charge >= 0.3 is 0 Å². The number of nitrogens with one attached hydrogen (secondary N) is 2. The summed E-state index contributed by atoms with van der Waals surface area (Å²) in [5.41, 5.74) is 4.29. The minimum absolute atomic E-state index is 0.126. The molecule has 5 nitrogen and oxygen atoms in total. The molecular formula is C19H15Br2N3O2. The molecule has 0 saturated carbocycles. The quantitative estimate of drug-likeness (QED) is 0.387. The molecule has 0 radical (unpaired) electrons. The molecular weight excluding hydrogens is 462 g/mol. The monoisotopic (exact) mass is 475 g/mol. The second-order valence-corrected chi connectivity index (χ2v) is 7.19. The summed E-state index contributed by atoms with van der Waals surface area (Å²) in [6.07, 6.45) is 1.47. The van der Waals surface area contributed by atoms with Crippen molar-refractivity contribution in [2.45, 2.75) is 0 Å². The van der Waals surface area contributed by atoms with Gasteiger partial charge in [-0.3, -0.25) is 4.79 Å². The Morgan fingerprint density at radius 1 is 0.962 bits per heavy atom. The van der Waals surface area contributed by atoms with E-state index in [1.807, 2.05) is 54.6 Å². The molecule has 1 amide bonds. The summed E-state index contributed by atoms with van der Waals surface area (Å²) in [6, 6.07) is 19.0. The topological polar surface area (TPSA) is 66.6 Å². The molecule has 0 bridgehead atoms. The van der Waals surface area contributed by atoms with Gasteiger partial charge in [-0.05, 0) is 48.5 Å². The third kappa shape index (κ3) is 5.31.